The van der Waals surface area contributed by atoms with Crippen molar-refractivity contribution in [1.82, 2.24) is 9.80 Å². The summed E-state index contributed by atoms with van der Waals surface area (Å²) in [7, 11) is 0. The lowest BCUT2D eigenvalue weighted by Gasteiger charge is -2.37. The number of carbonyl (C=O) groups excluding carboxylic acids is 2. The van der Waals surface area contributed by atoms with Crippen molar-refractivity contribution in [1.29, 1.82) is 0 Å². The average molecular weight is 364 g/mol. The molecular weight excluding hydrogens is 336 g/mol. The van der Waals surface area contributed by atoms with Crippen LogP contribution in [0.15, 0.2) is 54.6 Å². The zero-order valence-electron chi connectivity index (χ0n) is 16.4. The molecule has 0 aromatic heterocycles. The molecule has 0 radical (unpaired) electrons. The van der Waals surface area contributed by atoms with Crippen molar-refractivity contribution in [3.8, 4) is 0 Å². The van der Waals surface area contributed by atoms with Crippen molar-refractivity contribution in [2.24, 2.45) is 5.41 Å². The summed E-state index contributed by atoms with van der Waals surface area (Å²) in [5.41, 5.74) is 2.62. The van der Waals surface area contributed by atoms with E-state index in [0.717, 1.165) is 17.5 Å². The fraction of sp³-hybridized carbons (Fsp3) is 0.391. The Balaban J connectivity index is 1.70. The molecule has 0 atom stereocenters. The van der Waals surface area contributed by atoms with Crippen LogP contribution in [0.5, 0.6) is 0 Å². The van der Waals surface area contributed by atoms with Crippen LogP contribution in [0.3, 0.4) is 0 Å². The lowest BCUT2D eigenvalue weighted by molar-refractivity contribution is -0.140. The predicted molar refractivity (Wildman–Crippen MR) is 108 cm³/mol. The van der Waals surface area contributed by atoms with Gasteiger partial charge in [-0.1, -0.05) is 69.3 Å². The summed E-state index contributed by atoms with van der Waals surface area (Å²) in [5.74, 6) is 0.212. The highest BCUT2D eigenvalue weighted by atomic mass is 16.2. The van der Waals surface area contributed by atoms with E-state index in [-0.39, 0.29) is 17.2 Å². The van der Waals surface area contributed by atoms with Crippen LogP contribution in [0.2, 0.25) is 0 Å². The van der Waals surface area contributed by atoms with Crippen LogP contribution in [0.1, 0.15) is 42.3 Å². The maximum absolute atomic E-state index is 13.1. The minimum atomic E-state index is -0.380. The zero-order valence-corrected chi connectivity index (χ0v) is 16.4. The van der Waals surface area contributed by atoms with Crippen LogP contribution in [0.25, 0.3) is 0 Å². The highest BCUT2D eigenvalue weighted by Gasteiger charge is 2.31. The van der Waals surface area contributed by atoms with Gasteiger partial charge in [-0.3, -0.25) is 9.59 Å². The van der Waals surface area contributed by atoms with Gasteiger partial charge in [0.15, 0.2) is 0 Å². The van der Waals surface area contributed by atoms with E-state index in [2.05, 4.69) is 12.1 Å². The van der Waals surface area contributed by atoms with Crippen molar-refractivity contribution in [3.63, 3.8) is 0 Å². The molecule has 3 rings (SSSR count). The summed E-state index contributed by atoms with van der Waals surface area (Å²) in [6, 6.07) is 18.0. The minimum Gasteiger partial charge on any atom is -0.339 e. The minimum absolute atomic E-state index is 0.0596. The maximum Gasteiger partial charge on any atom is 0.254 e. The summed E-state index contributed by atoms with van der Waals surface area (Å²) in [6.07, 6.45) is 0.741. The molecule has 0 saturated carbocycles. The van der Waals surface area contributed by atoms with Crippen molar-refractivity contribution in [2.75, 3.05) is 26.2 Å². The molecule has 1 aliphatic heterocycles. The van der Waals surface area contributed by atoms with Gasteiger partial charge in [0.1, 0.15) is 0 Å². The molecule has 2 aromatic rings. The van der Waals surface area contributed by atoms with Gasteiger partial charge < -0.3 is 9.80 Å². The molecule has 0 unspecified atom stereocenters. The number of amides is 2. The van der Waals surface area contributed by atoms with Gasteiger partial charge in [-0.15, -0.1) is 0 Å². The van der Waals surface area contributed by atoms with E-state index in [1.807, 2.05) is 73.0 Å². The van der Waals surface area contributed by atoms with Gasteiger partial charge in [0.05, 0.1) is 0 Å². The van der Waals surface area contributed by atoms with Crippen molar-refractivity contribution in [3.05, 3.63) is 71.3 Å². The van der Waals surface area contributed by atoms with Crippen molar-refractivity contribution < 1.29 is 9.59 Å². The van der Waals surface area contributed by atoms with Gasteiger partial charge in [-0.05, 0) is 23.6 Å². The SMILES string of the molecule is CC(C)(C)C(=O)N1CCN(C(=O)c2ccccc2Cc2ccccc2)CC1. The van der Waals surface area contributed by atoms with Gasteiger partial charge in [-0.2, -0.15) is 0 Å². The predicted octanol–water partition coefficient (Wildman–Crippen LogP) is 3.61. The fourth-order valence-electron chi connectivity index (χ4n) is 3.46. The monoisotopic (exact) mass is 364 g/mol. The van der Waals surface area contributed by atoms with E-state index in [4.69, 9.17) is 0 Å². The number of rotatable bonds is 3. The van der Waals surface area contributed by atoms with E-state index in [9.17, 15) is 9.59 Å². The van der Waals surface area contributed by atoms with Gasteiger partial charge in [0, 0.05) is 37.2 Å². The lowest BCUT2D eigenvalue weighted by atomic mass is 9.94. The number of hydrogen-bond acceptors (Lipinski definition) is 2. The van der Waals surface area contributed by atoms with E-state index in [1.54, 1.807) is 0 Å². The Morgan fingerprint density at radius 2 is 1.37 bits per heavy atom. The van der Waals surface area contributed by atoms with Crippen molar-refractivity contribution in [2.45, 2.75) is 27.2 Å². The second kappa shape index (κ2) is 7.95. The molecule has 1 saturated heterocycles. The van der Waals surface area contributed by atoms with Crippen LogP contribution < -0.4 is 0 Å². The highest BCUT2D eigenvalue weighted by Crippen LogP contribution is 2.21. The molecule has 1 fully saturated rings. The fourth-order valence-corrected chi connectivity index (χ4v) is 3.46. The third-order valence-corrected chi connectivity index (χ3v) is 4.98. The molecule has 1 heterocycles. The summed E-state index contributed by atoms with van der Waals surface area (Å²) in [5, 5.41) is 0. The second-order valence-electron chi connectivity index (χ2n) is 8.15. The summed E-state index contributed by atoms with van der Waals surface area (Å²) >= 11 is 0. The normalized spacial score (nSPS) is 14.9. The second-order valence-corrected chi connectivity index (χ2v) is 8.15. The average Bonchev–Trinajstić information content (AvgIpc) is 2.67. The molecule has 0 aliphatic carbocycles. The lowest BCUT2D eigenvalue weighted by Crippen LogP contribution is -2.53. The van der Waals surface area contributed by atoms with E-state index in [0.29, 0.717) is 26.2 Å². The number of nitrogens with zero attached hydrogens (tertiary/aromatic N) is 2. The van der Waals surface area contributed by atoms with Gasteiger partial charge in [0.25, 0.3) is 5.91 Å². The molecule has 0 bridgehead atoms. The summed E-state index contributed by atoms with van der Waals surface area (Å²) in [4.78, 5) is 29.3. The van der Waals surface area contributed by atoms with Gasteiger partial charge in [0.2, 0.25) is 5.91 Å². The molecule has 4 heteroatoms. The van der Waals surface area contributed by atoms with Crippen LogP contribution in [-0.4, -0.2) is 47.8 Å². The molecule has 2 aromatic carbocycles. The van der Waals surface area contributed by atoms with Crippen LogP contribution in [0.4, 0.5) is 0 Å². The quantitative estimate of drug-likeness (QED) is 0.835. The van der Waals surface area contributed by atoms with Crippen LogP contribution in [-0.2, 0) is 11.2 Å². The highest BCUT2D eigenvalue weighted by molar-refractivity contribution is 5.96. The first-order valence-corrected chi connectivity index (χ1v) is 9.57. The number of carbonyl (C=O) groups is 2. The molecule has 142 valence electrons. The van der Waals surface area contributed by atoms with Gasteiger partial charge in [-0.25, -0.2) is 0 Å². The molecule has 1 aliphatic rings. The first-order valence-electron chi connectivity index (χ1n) is 9.57. The Hall–Kier alpha value is -2.62. The Labute approximate surface area is 161 Å². The topological polar surface area (TPSA) is 40.6 Å². The molecule has 4 nitrogen and oxygen atoms in total. The molecule has 0 N–H and O–H groups in total. The molecule has 2 amide bonds. The molecule has 27 heavy (non-hydrogen) atoms. The summed E-state index contributed by atoms with van der Waals surface area (Å²) in [6.45, 7) is 8.18. The first kappa shape index (κ1) is 19.2. The number of hydrogen-bond donors (Lipinski definition) is 0. The number of benzene rings is 2. The standard InChI is InChI=1S/C23H28N2O2/c1-23(2,3)22(27)25-15-13-24(14-16-25)21(26)20-12-8-7-11-19(20)17-18-9-5-4-6-10-18/h4-12H,13-17H2,1-3H3. The third kappa shape index (κ3) is 4.57. The smallest absolute Gasteiger partial charge is 0.254 e. The van der Waals surface area contributed by atoms with E-state index >= 15 is 0 Å². The Kier molecular flexibility index (Phi) is 5.64. The van der Waals surface area contributed by atoms with Crippen molar-refractivity contribution >= 4 is 11.8 Å². The van der Waals surface area contributed by atoms with E-state index < -0.39 is 0 Å². The summed E-state index contributed by atoms with van der Waals surface area (Å²) < 4.78 is 0. The van der Waals surface area contributed by atoms with Crippen LogP contribution in [0, 0.1) is 5.41 Å². The third-order valence-electron chi connectivity index (χ3n) is 4.98. The Morgan fingerprint density at radius 1 is 0.815 bits per heavy atom. The Bertz CT molecular complexity index is 801. The zero-order chi connectivity index (χ0) is 19.4. The van der Waals surface area contributed by atoms with Crippen LogP contribution >= 0.6 is 0 Å². The Morgan fingerprint density at radius 3 is 2.00 bits per heavy atom. The first-order chi connectivity index (χ1) is 12.9. The van der Waals surface area contributed by atoms with Gasteiger partial charge >= 0.3 is 0 Å². The maximum atomic E-state index is 13.1. The van der Waals surface area contributed by atoms with E-state index in [1.165, 1.54) is 5.56 Å². The molecular formula is C23H28N2O2. The molecule has 0 spiro atoms. The number of piperazine rings is 1. The largest absolute Gasteiger partial charge is 0.339 e.